The van der Waals surface area contributed by atoms with Gasteiger partial charge in [-0.05, 0) is 26.0 Å². The van der Waals surface area contributed by atoms with E-state index in [2.05, 4.69) is 15.0 Å². The molecule has 1 aliphatic rings. The van der Waals surface area contributed by atoms with Crippen molar-refractivity contribution in [3.05, 3.63) is 39.8 Å². The summed E-state index contributed by atoms with van der Waals surface area (Å²) in [7, 11) is -4.10. The van der Waals surface area contributed by atoms with E-state index in [1.165, 1.54) is 12.3 Å². The van der Waals surface area contributed by atoms with E-state index in [0.717, 1.165) is 7.11 Å². The topological polar surface area (TPSA) is 165 Å². The first-order chi connectivity index (χ1) is 14.0. The second-order valence-corrected chi connectivity index (χ2v) is 7.80. The van der Waals surface area contributed by atoms with Crippen LogP contribution in [0.4, 0.5) is 0 Å². The number of aryl methyl sites for hydroxylation is 2. The van der Waals surface area contributed by atoms with Crippen LogP contribution in [-0.4, -0.2) is 63.8 Å². The van der Waals surface area contributed by atoms with Gasteiger partial charge in [0.05, 0.1) is 12.5 Å². The van der Waals surface area contributed by atoms with E-state index < -0.39 is 45.6 Å². The van der Waals surface area contributed by atoms with Gasteiger partial charge >= 0.3 is 16.3 Å². The Morgan fingerprint density at radius 3 is 2.53 bits per heavy atom. The number of nitrogens with one attached hydrogen (secondary N) is 1. The molecule has 2 atom stereocenters. The number of amides is 2. The van der Waals surface area contributed by atoms with Crippen molar-refractivity contribution in [1.82, 2.24) is 19.2 Å². The first-order valence-electron chi connectivity index (χ1n) is 8.71. The molecule has 0 radical (unpaired) electrons. The number of esters is 1. The SMILES string of the molecule is CCn1cc(C(=O)N[C@H]2C(=O)N(S(=O)(=O)O)[C@H]2C(=O)OC)c(=O)c2ccc(C)nc21. The third-order valence-corrected chi connectivity index (χ3v) is 5.58. The maximum Gasteiger partial charge on any atom is 0.363 e. The quantitative estimate of drug-likeness (QED) is 0.339. The van der Waals surface area contributed by atoms with Gasteiger partial charge in [0.25, 0.3) is 11.8 Å². The third-order valence-electron chi connectivity index (χ3n) is 4.68. The second-order valence-electron chi connectivity index (χ2n) is 6.51. The summed E-state index contributed by atoms with van der Waals surface area (Å²) in [5.74, 6) is -3.40. The summed E-state index contributed by atoms with van der Waals surface area (Å²) in [5.41, 5.74) is 0.0841. The van der Waals surface area contributed by atoms with Gasteiger partial charge in [-0.2, -0.15) is 12.7 Å². The van der Waals surface area contributed by atoms with Crippen LogP contribution in [0.25, 0.3) is 11.0 Å². The molecule has 160 valence electrons. The van der Waals surface area contributed by atoms with Crippen molar-refractivity contribution >= 4 is 39.1 Å². The number of pyridine rings is 2. The molecule has 3 heterocycles. The van der Waals surface area contributed by atoms with Gasteiger partial charge in [-0.15, -0.1) is 0 Å². The molecule has 1 aliphatic heterocycles. The Bertz CT molecular complexity index is 1240. The van der Waals surface area contributed by atoms with Crippen molar-refractivity contribution in [1.29, 1.82) is 0 Å². The van der Waals surface area contributed by atoms with Gasteiger partial charge in [0.1, 0.15) is 17.3 Å². The maximum atomic E-state index is 12.8. The van der Waals surface area contributed by atoms with E-state index in [4.69, 9.17) is 4.55 Å². The molecule has 12 nitrogen and oxygen atoms in total. The van der Waals surface area contributed by atoms with Crippen LogP contribution in [0.1, 0.15) is 23.0 Å². The summed E-state index contributed by atoms with van der Waals surface area (Å²) < 4.78 is 37.8. The average molecular weight is 438 g/mol. The Balaban J connectivity index is 2.00. The van der Waals surface area contributed by atoms with Gasteiger partial charge in [-0.3, -0.25) is 18.9 Å². The maximum absolute atomic E-state index is 12.8. The van der Waals surface area contributed by atoms with E-state index in [-0.39, 0.29) is 15.3 Å². The van der Waals surface area contributed by atoms with Gasteiger partial charge in [-0.1, -0.05) is 0 Å². The van der Waals surface area contributed by atoms with Crippen molar-refractivity contribution < 1.29 is 32.1 Å². The monoisotopic (exact) mass is 438 g/mol. The van der Waals surface area contributed by atoms with Gasteiger partial charge in [0.15, 0.2) is 6.04 Å². The van der Waals surface area contributed by atoms with Crippen LogP contribution < -0.4 is 10.7 Å². The Hall–Kier alpha value is -3.32. The number of fused-ring (bicyclic) bond motifs is 1. The minimum atomic E-state index is -5.05. The van der Waals surface area contributed by atoms with Crippen molar-refractivity contribution in [2.24, 2.45) is 0 Å². The lowest BCUT2D eigenvalue weighted by Gasteiger charge is -2.41. The van der Waals surface area contributed by atoms with E-state index in [0.29, 0.717) is 17.9 Å². The van der Waals surface area contributed by atoms with E-state index in [1.54, 1.807) is 24.5 Å². The summed E-state index contributed by atoms with van der Waals surface area (Å²) in [6.07, 6.45) is 1.27. The molecule has 2 amide bonds. The van der Waals surface area contributed by atoms with Crippen molar-refractivity contribution in [3.8, 4) is 0 Å². The zero-order chi connectivity index (χ0) is 22.4. The van der Waals surface area contributed by atoms with E-state index in [1.807, 2.05) is 0 Å². The van der Waals surface area contributed by atoms with Crippen LogP contribution in [0.2, 0.25) is 0 Å². The Kier molecular flexibility index (Phi) is 5.34. The lowest BCUT2D eigenvalue weighted by atomic mass is 9.98. The van der Waals surface area contributed by atoms with Crippen molar-refractivity contribution in [3.63, 3.8) is 0 Å². The number of aromatic nitrogens is 2. The molecule has 0 bridgehead atoms. The fourth-order valence-electron chi connectivity index (χ4n) is 3.19. The molecule has 2 aromatic rings. The Morgan fingerprint density at radius 2 is 1.97 bits per heavy atom. The summed E-state index contributed by atoms with van der Waals surface area (Å²) in [6.45, 7) is 3.92. The van der Waals surface area contributed by atoms with Crippen LogP contribution in [-0.2, 0) is 31.2 Å². The fourth-order valence-corrected chi connectivity index (χ4v) is 4.03. The molecule has 0 aromatic carbocycles. The highest BCUT2D eigenvalue weighted by Gasteiger charge is 2.58. The lowest BCUT2D eigenvalue weighted by molar-refractivity contribution is -0.161. The van der Waals surface area contributed by atoms with Crippen LogP contribution in [0.5, 0.6) is 0 Å². The van der Waals surface area contributed by atoms with Crippen LogP contribution in [0, 0.1) is 6.92 Å². The van der Waals surface area contributed by atoms with Gasteiger partial charge in [-0.25, -0.2) is 9.78 Å². The predicted molar refractivity (Wildman–Crippen MR) is 102 cm³/mol. The highest BCUT2D eigenvalue weighted by Crippen LogP contribution is 2.25. The Morgan fingerprint density at radius 1 is 1.30 bits per heavy atom. The Labute approximate surface area is 170 Å². The number of hydrogen-bond acceptors (Lipinski definition) is 8. The minimum absolute atomic E-state index is 0.0960. The van der Waals surface area contributed by atoms with Crippen LogP contribution >= 0.6 is 0 Å². The predicted octanol–water partition coefficient (Wildman–Crippen LogP) is -0.990. The number of carbonyl (C=O) groups is 3. The molecule has 3 rings (SSSR count). The molecule has 0 aliphatic carbocycles. The third kappa shape index (κ3) is 3.41. The van der Waals surface area contributed by atoms with Crippen LogP contribution in [0.15, 0.2) is 23.1 Å². The molecule has 2 N–H and O–H groups in total. The fraction of sp³-hybridized carbons (Fsp3) is 0.353. The van der Waals surface area contributed by atoms with Crippen molar-refractivity contribution in [2.45, 2.75) is 32.5 Å². The molecular formula is C17H18N4O8S. The van der Waals surface area contributed by atoms with Gasteiger partial charge in [0, 0.05) is 18.4 Å². The molecule has 1 fully saturated rings. The number of ether oxygens (including phenoxy) is 1. The first kappa shape index (κ1) is 21.4. The minimum Gasteiger partial charge on any atom is -0.467 e. The highest BCUT2D eigenvalue weighted by atomic mass is 32.2. The van der Waals surface area contributed by atoms with E-state index in [9.17, 15) is 27.6 Å². The summed E-state index contributed by atoms with van der Waals surface area (Å²) in [4.78, 5) is 53.8. The molecule has 0 spiro atoms. The number of hydrogen-bond donors (Lipinski definition) is 2. The molecule has 0 saturated carbocycles. The van der Waals surface area contributed by atoms with E-state index >= 15 is 0 Å². The number of rotatable bonds is 5. The number of β-lactam (4-membered cyclic amide) rings is 1. The van der Waals surface area contributed by atoms with Gasteiger partial charge < -0.3 is 14.6 Å². The first-order valence-corrected chi connectivity index (χ1v) is 10.1. The smallest absolute Gasteiger partial charge is 0.363 e. The number of nitrogens with zero attached hydrogens (tertiary/aromatic N) is 3. The zero-order valence-corrected chi connectivity index (χ0v) is 17.0. The lowest BCUT2D eigenvalue weighted by Crippen LogP contribution is -2.74. The highest BCUT2D eigenvalue weighted by molar-refractivity contribution is 7.84. The molecule has 2 aromatic heterocycles. The van der Waals surface area contributed by atoms with Crippen LogP contribution in [0.3, 0.4) is 0 Å². The van der Waals surface area contributed by atoms with Crippen molar-refractivity contribution in [2.75, 3.05) is 7.11 Å². The standard InChI is InChI=1S/C17H18N4O8S/c1-4-20-7-10(13(22)9-6-5-8(2)18-14(9)20)15(23)19-11-12(17(25)29-3)21(16(11)24)30(26,27)28/h5-7,11-12H,4H2,1-3H3,(H,19,23)(H,26,27,28)/t11-,12-/m1/s1. The summed E-state index contributed by atoms with van der Waals surface area (Å²) in [5, 5.41) is 2.36. The molecule has 13 heteroatoms. The molecule has 1 saturated heterocycles. The molecule has 0 unspecified atom stereocenters. The molecular weight excluding hydrogens is 420 g/mol. The van der Waals surface area contributed by atoms with Gasteiger partial charge in [0.2, 0.25) is 5.43 Å². The average Bonchev–Trinajstić information content (AvgIpc) is 2.68. The summed E-state index contributed by atoms with van der Waals surface area (Å²) in [6, 6.07) is -0.291. The number of methoxy groups -OCH3 is 1. The summed E-state index contributed by atoms with van der Waals surface area (Å²) >= 11 is 0. The number of carbonyl (C=O) groups excluding carboxylic acids is 3. The normalized spacial score (nSPS) is 18.8. The largest absolute Gasteiger partial charge is 0.467 e. The second kappa shape index (κ2) is 7.50. The zero-order valence-electron chi connectivity index (χ0n) is 16.1. The molecule has 30 heavy (non-hydrogen) atoms.